The minimum Gasteiger partial charge on any atom is -0.326 e. The molecule has 0 aliphatic carbocycles. The zero-order valence-electron chi connectivity index (χ0n) is 15.8. The highest BCUT2D eigenvalue weighted by Gasteiger charge is 2.24. The van der Waals surface area contributed by atoms with E-state index in [0.717, 1.165) is 16.8 Å². The van der Waals surface area contributed by atoms with Crippen molar-refractivity contribution in [1.82, 2.24) is 9.78 Å². The molecule has 1 aromatic carbocycles. The van der Waals surface area contributed by atoms with Crippen LogP contribution in [0.25, 0.3) is 0 Å². The van der Waals surface area contributed by atoms with Gasteiger partial charge in [-0.1, -0.05) is 6.58 Å². The summed E-state index contributed by atoms with van der Waals surface area (Å²) in [7, 11) is 0. The second-order valence-electron chi connectivity index (χ2n) is 6.95. The maximum Gasteiger partial charge on any atom is 0.250 e. The fourth-order valence-corrected chi connectivity index (χ4v) is 3.10. The summed E-state index contributed by atoms with van der Waals surface area (Å²) < 4.78 is 16.6. The van der Waals surface area contributed by atoms with Crippen molar-refractivity contribution < 1.29 is 14.0 Å². The molecule has 7 heteroatoms. The average Bonchev–Trinajstić information content (AvgIpc) is 2.99. The molecule has 0 spiro atoms. The molecule has 27 heavy (non-hydrogen) atoms. The second-order valence-corrected chi connectivity index (χ2v) is 6.95. The van der Waals surface area contributed by atoms with E-state index in [9.17, 15) is 14.0 Å². The first-order valence-corrected chi connectivity index (χ1v) is 8.91. The molecule has 142 valence electrons. The number of nitrogens with one attached hydrogen (secondary N) is 1. The fraction of sp³-hybridized carbons (Fsp3) is 0.350. The third kappa shape index (κ3) is 3.77. The van der Waals surface area contributed by atoms with Crippen LogP contribution < -0.4 is 10.2 Å². The van der Waals surface area contributed by atoms with Gasteiger partial charge >= 0.3 is 0 Å². The zero-order valence-corrected chi connectivity index (χ0v) is 15.8. The molecule has 0 fully saturated rings. The predicted octanol–water partition coefficient (Wildman–Crippen LogP) is 3.52. The van der Waals surface area contributed by atoms with E-state index in [1.165, 1.54) is 17.0 Å². The molecule has 1 aliphatic rings. The van der Waals surface area contributed by atoms with E-state index in [1.54, 1.807) is 6.07 Å². The molecule has 1 N–H and O–H groups in total. The Kier molecular flexibility index (Phi) is 5.12. The number of hydrogen-bond acceptors (Lipinski definition) is 3. The highest BCUT2D eigenvalue weighted by molar-refractivity contribution is 6.02. The highest BCUT2D eigenvalue weighted by Crippen LogP contribution is 2.32. The lowest BCUT2D eigenvalue weighted by Crippen LogP contribution is -2.30. The van der Waals surface area contributed by atoms with Crippen molar-refractivity contribution >= 4 is 23.2 Å². The summed E-state index contributed by atoms with van der Waals surface area (Å²) in [4.78, 5) is 25.4. The van der Waals surface area contributed by atoms with E-state index in [4.69, 9.17) is 0 Å². The molecular formula is C20H23FN4O2. The smallest absolute Gasteiger partial charge is 0.250 e. The number of nitrogens with zero attached hydrogens (tertiary/aromatic N) is 3. The van der Waals surface area contributed by atoms with E-state index in [0.29, 0.717) is 18.5 Å². The van der Waals surface area contributed by atoms with Gasteiger partial charge in [-0.25, -0.2) is 4.39 Å². The summed E-state index contributed by atoms with van der Waals surface area (Å²) >= 11 is 0. The van der Waals surface area contributed by atoms with Gasteiger partial charge in [-0.05, 0) is 51.0 Å². The maximum atomic E-state index is 14.8. The monoisotopic (exact) mass is 370 g/mol. The largest absolute Gasteiger partial charge is 0.326 e. The van der Waals surface area contributed by atoms with Crippen LogP contribution in [0.1, 0.15) is 43.1 Å². The number of fused-ring (bicyclic) bond motifs is 1. The molecule has 2 aromatic rings. The number of amides is 2. The van der Waals surface area contributed by atoms with Crippen molar-refractivity contribution in [3.05, 3.63) is 53.6 Å². The van der Waals surface area contributed by atoms with Gasteiger partial charge in [-0.15, -0.1) is 0 Å². The number of aryl methyl sites for hydroxylation is 2. The topological polar surface area (TPSA) is 67.2 Å². The van der Waals surface area contributed by atoms with Crippen LogP contribution in [0.3, 0.4) is 0 Å². The maximum absolute atomic E-state index is 14.8. The van der Waals surface area contributed by atoms with Gasteiger partial charge < -0.3 is 10.2 Å². The predicted molar refractivity (Wildman–Crippen MR) is 102 cm³/mol. The van der Waals surface area contributed by atoms with Gasteiger partial charge in [0.05, 0.1) is 17.9 Å². The molecule has 0 bridgehead atoms. The van der Waals surface area contributed by atoms with Crippen molar-refractivity contribution in [2.75, 3.05) is 10.2 Å². The van der Waals surface area contributed by atoms with Gasteiger partial charge in [-0.3, -0.25) is 14.3 Å². The molecule has 2 amide bonds. The SMILES string of the molecule is C=CC(=O)N(Cc1cn(C(C)C)nc1C)c1cc2c(cc1F)NC(=O)CC2. The number of aromatic nitrogens is 2. The van der Waals surface area contributed by atoms with Crippen LogP contribution in [-0.4, -0.2) is 21.6 Å². The number of anilines is 2. The first-order valence-electron chi connectivity index (χ1n) is 8.91. The molecule has 0 radical (unpaired) electrons. The standard InChI is InChI=1S/C20H23FN4O2/c1-5-20(27)24(10-15-11-25(12(2)3)23-13(15)4)18-8-14-6-7-19(26)22-17(14)9-16(18)21/h5,8-9,11-12H,1,6-7,10H2,2-4H3,(H,22,26). The van der Waals surface area contributed by atoms with Gasteiger partial charge in [0.2, 0.25) is 5.91 Å². The summed E-state index contributed by atoms with van der Waals surface area (Å²) in [5, 5.41) is 7.12. The molecule has 6 nitrogen and oxygen atoms in total. The molecule has 1 aliphatic heterocycles. The lowest BCUT2D eigenvalue weighted by atomic mass is 10.0. The summed E-state index contributed by atoms with van der Waals surface area (Å²) in [5.74, 6) is -1.10. The normalized spacial score (nSPS) is 13.3. The first-order chi connectivity index (χ1) is 12.8. The Morgan fingerprint density at radius 1 is 1.44 bits per heavy atom. The number of halogens is 1. The van der Waals surface area contributed by atoms with Crippen LogP contribution in [0.5, 0.6) is 0 Å². The Morgan fingerprint density at radius 2 is 2.19 bits per heavy atom. The molecule has 0 atom stereocenters. The van der Waals surface area contributed by atoms with Crippen LogP contribution in [0.15, 0.2) is 31.0 Å². The van der Waals surface area contributed by atoms with Crippen molar-refractivity contribution in [3.63, 3.8) is 0 Å². The highest BCUT2D eigenvalue weighted by atomic mass is 19.1. The number of rotatable bonds is 5. The third-order valence-corrected chi connectivity index (χ3v) is 4.68. The van der Waals surface area contributed by atoms with Crippen LogP contribution >= 0.6 is 0 Å². The Balaban J connectivity index is 2.00. The summed E-state index contributed by atoms with van der Waals surface area (Å²) in [5.41, 5.74) is 3.07. The third-order valence-electron chi connectivity index (χ3n) is 4.68. The molecule has 3 rings (SSSR count). The van der Waals surface area contributed by atoms with Crippen molar-refractivity contribution in [1.29, 1.82) is 0 Å². The first kappa shape index (κ1) is 18.8. The Hall–Kier alpha value is -2.96. The molecule has 0 saturated heterocycles. The van der Waals surface area contributed by atoms with E-state index in [1.807, 2.05) is 31.6 Å². The van der Waals surface area contributed by atoms with E-state index in [2.05, 4.69) is 17.0 Å². The van der Waals surface area contributed by atoms with Gasteiger partial charge in [0.1, 0.15) is 5.82 Å². The van der Waals surface area contributed by atoms with Crippen LogP contribution in [-0.2, 0) is 22.6 Å². The average molecular weight is 370 g/mol. The van der Waals surface area contributed by atoms with Crippen molar-refractivity contribution in [3.8, 4) is 0 Å². The van der Waals surface area contributed by atoms with Gasteiger partial charge in [0.25, 0.3) is 5.91 Å². The number of hydrogen-bond donors (Lipinski definition) is 1. The fourth-order valence-electron chi connectivity index (χ4n) is 3.10. The van der Waals surface area contributed by atoms with Crippen molar-refractivity contribution in [2.45, 2.75) is 46.2 Å². The quantitative estimate of drug-likeness (QED) is 0.819. The summed E-state index contributed by atoms with van der Waals surface area (Å²) in [6.45, 7) is 9.62. The second kappa shape index (κ2) is 7.34. The Labute approximate surface area is 157 Å². The molecule has 1 aromatic heterocycles. The molecule has 2 heterocycles. The van der Waals surface area contributed by atoms with Crippen LogP contribution in [0.2, 0.25) is 0 Å². The van der Waals surface area contributed by atoms with E-state index >= 15 is 0 Å². The molecule has 0 saturated carbocycles. The van der Waals surface area contributed by atoms with E-state index < -0.39 is 11.7 Å². The van der Waals surface area contributed by atoms with Gasteiger partial charge in [-0.2, -0.15) is 5.10 Å². The summed E-state index contributed by atoms with van der Waals surface area (Å²) in [6, 6.07) is 3.09. The minimum absolute atomic E-state index is 0.134. The van der Waals surface area contributed by atoms with Gasteiger partial charge in [0, 0.05) is 29.9 Å². The van der Waals surface area contributed by atoms with Crippen molar-refractivity contribution in [2.24, 2.45) is 0 Å². The molecular weight excluding hydrogens is 347 g/mol. The van der Waals surface area contributed by atoms with Crippen LogP contribution in [0, 0.1) is 12.7 Å². The van der Waals surface area contributed by atoms with Gasteiger partial charge in [0.15, 0.2) is 0 Å². The Bertz CT molecular complexity index is 917. The minimum atomic E-state index is -0.569. The summed E-state index contributed by atoms with van der Waals surface area (Å²) in [6.07, 6.45) is 3.89. The van der Waals surface area contributed by atoms with E-state index in [-0.39, 0.29) is 24.2 Å². The van der Waals surface area contributed by atoms with Crippen LogP contribution in [0.4, 0.5) is 15.8 Å². The Morgan fingerprint density at radius 3 is 2.81 bits per heavy atom. The number of carbonyl (C=O) groups excluding carboxylic acids is 2. The number of benzene rings is 1. The lowest BCUT2D eigenvalue weighted by Gasteiger charge is -2.25. The molecule has 0 unspecified atom stereocenters. The number of carbonyl (C=O) groups is 2. The zero-order chi connectivity index (χ0) is 19.7. The lowest BCUT2D eigenvalue weighted by molar-refractivity contribution is -0.116.